The lowest BCUT2D eigenvalue weighted by Crippen LogP contribution is -2.64. The van der Waals surface area contributed by atoms with Crippen molar-refractivity contribution in [2.45, 2.75) is 57.5 Å². The SMILES string of the molecule is CCC[C@H]1[C@H]2C[C@H](CN(C(=O)c3cc(Cl)ccc3F)C2)[C@@H]2CCCCN21. The molecule has 0 radical (unpaired) electrons. The molecule has 0 saturated carbocycles. The van der Waals surface area contributed by atoms with Gasteiger partial charge in [0.2, 0.25) is 0 Å². The largest absolute Gasteiger partial charge is 0.338 e. The summed E-state index contributed by atoms with van der Waals surface area (Å²) in [6.07, 6.45) is 7.41. The molecule has 3 aliphatic heterocycles. The zero-order chi connectivity index (χ0) is 18.3. The number of fused-ring (bicyclic) bond motifs is 4. The van der Waals surface area contributed by atoms with E-state index in [1.165, 1.54) is 63.3 Å². The molecule has 0 aliphatic carbocycles. The summed E-state index contributed by atoms with van der Waals surface area (Å²) in [6, 6.07) is 5.43. The van der Waals surface area contributed by atoms with E-state index in [9.17, 15) is 9.18 Å². The van der Waals surface area contributed by atoms with Gasteiger partial charge in [0.05, 0.1) is 5.56 Å². The highest BCUT2D eigenvalue weighted by atomic mass is 35.5. The van der Waals surface area contributed by atoms with Gasteiger partial charge in [-0.15, -0.1) is 0 Å². The number of carbonyl (C=O) groups is 1. The Morgan fingerprint density at radius 2 is 2.08 bits per heavy atom. The lowest BCUT2D eigenvalue weighted by Gasteiger charge is -2.57. The molecule has 0 spiro atoms. The fourth-order valence-electron chi connectivity index (χ4n) is 5.60. The third-order valence-electron chi connectivity index (χ3n) is 6.65. The molecule has 4 atom stereocenters. The highest BCUT2D eigenvalue weighted by Crippen LogP contribution is 2.42. The summed E-state index contributed by atoms with van der Waals surface area (Å²) in [7, 11) is 0. The van der Waals surface area contributed by atoms with Crippen LogP contribution in [0, 0.1) is 17.7 Å². The van der Waals surface area contributed by atoms with E-state index in [-0.39, 0.29) is 11.5 Å². The molecule has 0 unspecified atom stereocenters. The summed E-state index contributed by atoms with van der Waals surface area (Å²) in [5, 5.41) is 0.411. The van der Waals surface area contributed by atoms with E-state index < -0.39 is 5.82 Å². The first-order chi connectivity index (χ1) is 12.6. The van der Waals surface area contributed by atoms with Gasteiger partial charge in [0.1, 0.15) is 5.82 Å². The van der Waals surface area contributed by atoms with Gasteiger partial charge in [-0.05, 0) is 62.3 Å². The van der Waals surface area contributed by atoms with E-state index in [1.54, 1.807) is 0 Å². The Bertz CT molecular complexity index is 682. The summed E-state index contributed by atoms with van der Waals surface area (Å²) in [5.41, 5.74) is 0.116. The van der Waals surface area contributed by atoms with Crippen molar-refractivity contribution < 1.29 is 9.18 Å². The van der Waals surface area contributed by atoms with Crippen molar-refractivity contribution in [1.29, 1.82) is 0 Å². The zero-order valence-corrected chi connectivity index (χ0v) is 16.2. The van der Waals surface area contributed by atoms with Gasteiger partial charge in [0.15, 0.2) is 0 Å². The smallest absolute Gasteiger partial charge is 0.256 e. The van der Waals surface area contributed by atoms with E-state index >= 15 is 0 Å². The first-order valence-electron chi connectivity index (χ1n) is 10.1. The second-order valence-corrected chi connectivity index (χ2v) is 8.68. The molecule has 3 fully saturated rings. The quantitative estimate of drug-likeness (QED) is 0.767. The van der Waals surface area contributed by atoms with Crippen LogP contribution in [0.1, 0.15) is 55.8 Å². The predicted octanol–water partition coefficient (Wildman–Crippen LogP) is 4.59. The maximum atomic E-state index is 14.2. The van der Waals surface area contributed by atoms with Crippen molar-refractivity contribution in [3.63, 3.8) is 0 Å². The van der Waals surface area contributed by atoms with Crippen LogP contribution in [0.5, 0.6) is 0 Å². The Labute approximate surface area is 160 Å². The van der Waals surface area contributed by atoms with Crippen LogP contribution < -0.4 is 0 Å². The van der Waals surface area contributed by atoms with Crippen LogP contribution in [-0.4, -0.2) is 47.4 Å². The number of rotatable bonds is 3. The highest BCUT2D eigenvalue weighted by Gasteiger charge is 2.47. The molecule has 4 rings (SSSR count). The lowest BCUT2D eigenvalue weighted by atomic mass is 9.71. The highest BCUT2D eigenvalue weighted by molar-refractivity contribution is 6.31. The van der Waals surface area contributed by atoms with Crippen LogP contribution in [0.3, 0.4) is 0 Å². The van der Waals surface area contributed by atoms with Gasteiger partial charge in [-0.1, -0.05) is 31.4 Å². The standard InChI is InChI=1S/C21H28ClFN2O/c1-2-5-19-14-10-15(20-6-3-4-9-25(19)20)13-24(12-14)21(26)17-11-16(22)7-8-18(17)23/h7-8,11,14-15,19-20H,2-6,9-10,12-13H2,1H3/t14-,15+,19-,20-/m0/s1. The number of halogens is 2. The maximum Gasteiger partial charge on any atom is 0.256 e. The predicted molar refractivity (Wildman–Crippen MR) is 102 cm³/mol. The van der Waals surface area contributed by atoms with Gasteiger partial charge in [-0.3, -0.25) is 9.69 Å². The second kappa shape index (κ2) is 7.47. The summed E-state index contributed by atoms with van der Waals surface area (Å²) >= 11 is 6.01. The van der Waals surface area contributed by atoms with Crippen LogP contribution in [0.4, 0.5) is 4.39 Å². The molecule has 142 valence electrons. The summed E-state index contributed by atoms with van der Waals surface area (Å²) < 4.78 is 14.2. The summed E-state index contributed by atoms with van der Waals surface area (Å²) in [4.78, 5) is 17.7. The molecule has 3 nitrogen and oxygen atoms in total. The summed E-state index contributed by atoms with van der Waals surface area (Å²) in [6.45, 7) is 4.95. The molecule has 1 aromatic carbocycles. The maximum absolute atomic E-state index is 14.2. The van der Waals surface area contributed by atoms with Crippen LogP contribution >= 0.6 is 11.6 Å². The van der Waals surface area contributed by atoms with Gasteiger partial charge >= 0.3 is 0 Å². The molecule has 5 heteroatoms. The number of carbonyl (C=O) groups excluding carboxylic acids is 1. The molecule has 3 saturated heterocycles. The molecule has 2 bridgehead atoms. The van der Waals surface area contributed by atoms with Crippen molar-refractivity contribution >= 4 is 17.5 Å². The number of benzene rings is 1. The Morgan fingerprint density at radius 1 is 1.27 bits per heavy atom. The number of likely N-dealkylation sites (tertiary alicyclic amines) is 1. The number of piperidine rings is 3. The molecule has 3 aliphatic rings. The zero-order valence-electron chi connectivity index (χ0n) is 15.5. The van der Waals surface area contributed by atoms with Gasteiger partial charge in [-0.25, -0.2) is 4.39 Å². The third-order valence-corrected chi connectivity index (χ3v) is 6.89. The van der Waals surface area contributed by atoms with E-state index in [1.807, 2.05) is 4.90 Å². The van der Waals surface area contributed by atoms with Gasteiger partial charge in [-0.2, -0.15) is 0 Å². The lowest BCUT2D eigenvalue weighted by molar-refractivity contribution is -0.0671. The number of hydrogen-bond acceptors (Lipinski definition) is 2. The minimum Gasteiger partial charge on any atom is -0.338 e. The average molecular weight is 379 g/mol. The van der Waals surface area contributed by atoms with E-state index in [2.05, 4.69) is 11.8 Å². The Morgan fingerprint density at radius 3 is 2.88 bits per heavy atom. The molecule has 1 amide bonds. The van der Waals surface area contributed by atoms with Crippen LogP contribution in [-0.2, 0) is 0 Å². The van der Waals surface area contributed by atoms with Crippen LogP contribution in [0.25, 0.3) is 0 Å². The number of nitrogens with zero attached hydrogens (tertiary/aromatic N) is 2. The van der Waals surface area contributed by atoms with Gasteiger partial charge < -0.3 is 4.90 Å². The van der Waals surface area contributed by atoms with Crippen molar-refractivity contribution in [3.8, 4) is 0 Å². The third kappa shape index (κ3) is 3.27. The Hall–Kier alpha value is -1.13. The molecule has 3 heterocycles. The van der Waals surface area contributed by atoms with Crippen molar-refractivity contribution in [2.75, 3.05) is 19.6 Å². The van der Waals surface area contributed by atoms with Crippen molar-refractivity contribution in [3.05, 3.63) is 34.6 Å². The molecule has 0 aromatic heterocycles. The Balaban J connectivity index is 1.59. The van der Waals surface area contributed by atoms with E-state index in [4.69, 9.17) is 11.6 Å². The Kier molecular flexibility index (Phi) is 5.24. The fraction of sp³-hybridized carbons (Fsp3) is 0.667. The molecular formula is C21H28ClFN2O. The number of hydrogen-bond donors (Lipinski definition) is 0. The van der Waals surface area contributed by atoms with E-state index in [0.717, 1.165) is 13.1 Å². The first kappa shape index (κ1) is 18.2. The monoisotopic (exact) mass is 378 g/mol. The molecule has 1 aromatic rings. The molecule has 26 heavy (non-hydrogen) atoms. The number of amides is 1. The molecule has 0 N–H and O–H groups in total. The topological polar surface area (TPSA) is 23.6 Å². The van der Waals surface area contributed by atoms with Crippen LogP contribution in [0.15, 0.2) is 18.2 Å². The van der Waals surface area contributed by atoms with E-state index in [0.29, 0.717) is 28.9 Å². The summed E-state index contributed by atoms with van der Waals surface area (Å²) in [5.74, 6) is 0.362. The van der Waals surface area contributed by atoms with Gasteiger partial charge in [0.25, 0.3) is 5.91 Å². The molecular weight excluding hydrogens is 351 g/mol. The fourth-order valence-corrected chi connectivity index (χ4v) is 5.77. The minimum atomic E-state index is -0.473. The van der Waals surface area contributed by atoms with Crippen molar-refractivity contribution in [1.82, 2.24) is 9.80 Å². The minimum absolute atomic E-state index is 0.116. The van der Waals surface area contributed by atoms with Crippen LogP contribution in [0.2, 0.25) is 5.02 Å². The van der Waals surface area contributed by atoms with Gasteiger partial charge in [0, 0.05) is 30.2 Å². The average Bonchev–Trinajstić information content (AvgIpc) is 2.66. The normalized spacial score (nSPS) is 31.6. The second-order valence-electron chi connectivity index (χ2n) is 8.25. The van der Waals surface area contributed by atoms with Crippen molar-refractivity contribution in [2.24, 2.45) is 11.8 Å². The first-order valence-corrected chi connectivity index (χ1v) is 10.5.